The Bertz CT molecular complexity index is 517. The van der Waals surface area contributed by atoms with E-state index in [1.807, 2.05) is 0 Å². The van der Waals surface area contributed by atoms with Crippen LogP contribution in [0.3, 0.4) is 0 Å². The SMILES string of the molecule is Cc1cc(C)c(C(N)C2C3C4CCC(C4)C32)cc1C. The normalized spacial score (nSPS) is 40.3. The molecule has 0 radical (unpaired) electrons. The number of fused-ring (bicyclic) bond motifs is 5. The van der Waals surface area contributed by atoms with E-state index >= 15 is 0 Å². The summed E-state index contributed by atoms with van der Waals surface area (Å²) < 4.78 is 0. The number of hydrogen-bond acceptors (Lipinski definition) is 1. The van der Waals surface area contributed by atoms with Crippen LogP contribution < -0.4 is 5.73 Å². The Balaban J connectivity index is 1.62. The predicted molar refractivity (Wildman–Crippen MR) is 78.9 cm³/mol. The summed E-state index contributed by atoms with van der Waals surface area (Å²) in [6.07, 6.45) is 4.49. The van der Waals surface area contributed by atoms with Crippen LogP contribution in [0.15, 0.2) is 12.1 Å². The molecule has 0 aliphatic heterocycles. The largest absolute Gasteiger partial charge is 0.324 e. The van der Waals surface area contributed by atoms with Crippen molar-refractivity contribution in [3.8, 4) is 0 Å². The number of rotatable bonds is 2. The molecule has 2 N–H and O–H groups in total. The molecule has 0 amide bonds. The van der Waals surface area contributed by atoms with Crippen LogP contribution in [0.2, 0.25) is 0 Å². The van der Waals surface area contributed by atoms with Gasteiger partial charge in [0.1, 0.15) is 0 Å². The van der Waals surface area contributed by atoms with Crippen LogP contribution >= 0.6 is 0 Å². The van der Waals surface area contributed by atoms with Crippen LogP contribution in [0.25, 0.3) is 0 Å². The van der Waals surface area contributed by atoms with E-state index in [2.05, 4.69) is 32.9 Å². The molecule has 1 aromatic carbocycles. The minimum Gasteiger partial charge on any atom is -0.324 e. The number of benzene rings is 1. The van der Waals surface area contributed by atoms with Gasteiger partial charge in [-0.2, -0.15) is 0 Å². The molecule has 3 saturated carbocycles. The minimum absolute atomic E-state index is 0.290. The molecule has 1 nitrogen and oxygen atoms in total. The lowest BCUT2D eigenvalue weighted by atomic mass is 9.89. The first-order valence-corrected chi connectivity index (χ1v) is 7.91. The molecule has 5 atom stereocenters. The maximum absolute atomic E-state index is 6.66. The van der Waals surface area contributed by atoms with Crippen molar-refractivity contribution in [1.29, 1.82) is 0 Å². The van der Waals surface area contributed by atoms with E-state index in [0.29, 0.717) is 0 Å². The van der Waals surface area contributed by atoms with Crippen LogP contribution in [0.1, 0.15) is 47.6 Å². The quantitative estimate of drug-likeness (QED) is 0.852. The van der Waals surface area contributed by atoms with E-state index in [1.165, 1.54) is 41.5 Å². The summed E-state index contributed by atoms with van der Waals surface area (Å²) in [6.45, 7) is 6.64. The molecule has 1 aromatic rings. The molecule has 3 aliphatic rings. The average Bonchev–Trinajstić information content (AvgIpc) is 2.81. The first-order chi connectivity index (χ1) is 9.08. The van der Waals surface area contributed by atoms with E-state index < -0.39 is 0 Å². The first kappa shape index (κ1) is 12.0. The summed E-state index contributed by atoms with van der Waals surface area (Å²) >= 11 is 0. The zero-order valence-electron chi connectivity index (χ0n) is 12.3. The van der Waals surface area contributed by atoms with Crippen molar-refractivity contribution in [3.05, 3.63) is 34.4 Å². The summed E-state index contributed by atoms with van der Waals surface area (Å²) in [7, 11) is 0. The number of aryl methyl sites for hydroxylation is 3. The Morgan fingerprint density at radius 1 is 0.947 bits per heavy atom. The van der Waals surface area contributed by atoms with Crippen LogP contribution in [-0.4, -0.2) is 0 Å². The monoisotopic (exact) mass is 255 g/mol. The number of hydrogen-bond donors (Lipinski definition) is 1. The second-order valence-electron chi connectivity index (χ2n) is 7.38. The maximum atomic E-state index is 6.66. The highest BCUT2D eigenvalue weighted by molar-refractivity contribution is 5.39. The van der Waals surface area contributed by atoms with E-state index in [9.17, 15) is 0 Å². The van der Waals surface area contributed by atoms with Gasteiger partial charge in [-0.3, -0.25) is 0 Å². The first-order valence-electron chi connectivity index (χ1n) is 7.91. The van der Waals surface area contributed by atoms with Gasteiger partial charge in [0.2, 0.25) is 0 Å². The van der Waals surface area contributed by atoms with E-state index in [0.717, 1.165) is 29.6 Å². The maximum Gasteiger partial charge on any atom is 0.0331 e. The topological polar surface area (TPSA) is 26.0 Å². The molecule has 2 bridgehead atoms. The summed E-state index contributed by atoms with van der Waals surface area (Å²) in [5.41, 5.74) is 12.3. The summed E-state index contributed by atoms with van der Waals surface area (Å²) in [5.74, 6) is 4.81. The fourth-order valence-electron chi connectivity index (χ4n) is 5.42. The number of nitrogens with two attached hydrogens (primary N) is 1. The Hall–Kier alpha value is -0.820. The molecule has 102 valence electrons. The van der Waals surface area contributed by atoms with Gasteiger partial charge in [0.15, 0.2) is 0 Å². The molecule has 0 heterocycles. The van der Waals surface area contributed by atoms with Gasteiger partial charge in [0.25, 0.3) is 0 Å². The molecule has 19 heavy (non-hydrogen) atoms. The lowest BCUT2D eigenvalue weighted by Gasteiger charge is -2.20. The third-order valence-corrected chi connectivity index (χ3v) is 6.45. The average molecular weight is 255 g/mol. The van der Waals surface area contributed by atoms with Gasteiger partial charge in [-0.1, -0.05) is 12.1 Å². The van der Waals surface area contributed by atoms with Crippen LogP contribution in [0, 0.1) is 50.4 Å². The third kappa shape index (κ3) is 1.57. The Labute approximate surface area is 116 Å². The Morgan fingerprint density at radius 3 is 2.16 bits per heavy atom. The predicted octanol–water partition coefficient (Wildman–Crippen LogP) is 3.90. The smallest absolute Gasteiger partial charge is 0.0331 e. The van der Waals surface area contributed by atoms with Gasteiger partial charge in [-0.25, -0.2) is 0 Å². The highest BCUT2D eigenvalue weighted by Crippen LogP contribution is 2.71. The fourth-order valence-corrected chi connectivity index (χ4v) is 5.42. The zero-order chi connectivity index (χ0) is 13.3. The molecule has 1 heteroatoms. The zero-order valence-corrected chi connectivity index (χ0v) is 12.3. The summed E-state index contributed by atoms with van der Waals surface area (Å²) in [5, 5.41) is 0. The highest BCUT2D eigenvalue weighted by atomic mass is 14.8. The molecule has 0 aromatic heterocycles. The van der Waals surface area contributed by atoms with Crippen molar-refractivity contribution in [3.63, 3.8) is 0 Å². The minimum atomic E-state index is 0.290. The van der Waals surface area contributed by atoms with Crippen LogP contribution in [0.4, 0.5) is 0 Å². The van der Waals surface area contributed by atoms with Gasteiger partial charge in [-0.15, -0.1) is 0 Å². The van der Waals surface area contributed by atoms with Crippen LogP contribution in [0.5, 0.6) is 0 Å². The molecule has 3 fully saturated rings. The van der Waals surface area contributed by atoms with Gasteiger partial charge in [0, 0.05) is 6.04 Å². The lowest BCUT2D eigenvalue weighted by molar-refractivity contribution is 0.417. The molecule has 0 spiro atoms. The molecule has 0 saturated heterocycles. The van der Waals surface area contributed by atoms with Crippen molar-refractivity contribution in [1.82, 2.24) is 0 Å². The Kier molecular flexibility index (Phi) is 2.42. The van der Waals surface area contributed by atoms with Crippen molar-refractivity contribution in [2.24, 2.45) is 35.3 Å². The molecule has 3 aliphatic carbocycles. The van der Waals surface area contributed by atoms with E-state index in [-0.39, 0.29) is 6.04 Å². The second-order valence-corrected chi connectivity index (χ2v) is 7.38. The Morgan fingerprint density at radius 2 is 1.53 bits per heavy atom. The van der Waals surface area contributed by atoms with E-state index in [1.54, 1.807) is 0 Å². The van der Waals surface area contributed by atoms with Gasteiger partial charge >= 0.3 is 0 Å². The summed E-state index contributed by atoms with van der Waals surface area (Å²) in [6, 6.07) is 4.96. The van der Waals surface area contributed by atoms with Crippen molar-refractivity contribution in [2.75, 3.05) is 0 Å². The second kappa shape index (κ2) is 3.85. The molecular weight excluding hydrogens is 230 g/mol. The highest BCUT2D eigenvalue weighted by Gasteiger charge is 2.66. The molecule has 5 unspecified atom stereocenters. The van der Waals surface area contributed by atoms with Crippen molar-refractivity contribution >= 4 is 0 Å². The summed E-state index contributed by atoms with van der Waals surface area (Å²) in [4.78, 5) is 0. The lowest BCUT2D eigenvalue weighted by Crippen LogP contribution is -2.18. The standard InChI is InChI=1S/C18H25N/c1-9-6-11(3)14(7-10(9)2)18(19)17-15-12-4-5-13(8-12)16(15)17/h6-7,12-13,15-18H,4-5,8,19H2,1-3H3. The fraction of sp³-hybridized carbons (Fsp3) is 0.667. The van der Waals surface area contributed by atoms with Gasteiger partial charge in [0.05, 0.1) is 0 Å². The van der Waals surface area contributed by atoms with Gasteiger partial charge in [-0.05, 0) is 91.9 Å². The molecule has 4 rings (SSSR count). The molecular formula is C18H25N. The van der Waals surface area contributed by atoms with Crippen LogP contribution in [-0.2, 0) is 0 Å². The van der Waals surface area contributed by atoms with Gasteiger partial charge < -0.3 is 5.73 Å². The third-order valence-electron chi connectivity index (χ3n) is 6.45. The van der Waals surface area contributed by atoms with E-state index in [4.69, 9.17) is 5.73 Å². The van der Waals surface area contributed by atoms with Crippen molar-refractivity contribution in [2.45, 2.75) is 46.1 Å². The van der Waals surface area contributed by atoms with Crippen molar-refractivity contribution < 1.29 is 0 Å².